The predicted octanol–water partition coefficient (Wildman–Crippen LogP) is 3.30. The van der Waals surface area contributed by atoms with Gasteiger partial charge in [-0.15, -0.1) is 0 Å². The van der Waals surface area contributed by atoms with Crippen molar-refractivity contribution in [1.82, 2.24) is 14.7 Å². The summed E-state index contributed by atoms with van der Waals surface area (Å²) in [5.74, 6) is 0.587. The molecule has 2 heterocycles. The second kappa shape index (κ2) is 10.4. The van der Waals surface area contributed by atoms with Crippen LogP contribution in [0.1, 0.15) is 16.1 Å². The minimum absolute atomic E-state index is 0.242. The molecule has 2 N–H and O–H groups in total. The Bertz CT molecular complexity index is 1280. The lowest BCUT2D eigenvalue weighted by molar-refractivity contribution is -0.118. The average molecular weight is 460 g/mol. The van der Waals surface area contributed by atoms with Gasteiger partial charge in [-0.25, -0.2) is 4.98 Å². The molecule has 9 heteroatoms. The normalized spacial score (nSPS) is 10.5. The van der Waals surface area contributed by atoms with Crippen LogP contribution in [0, 0.1) is 0 Å². The van der Waals surface area contributed by atoms with E-state index in [1.807, 2.05) is 41.1 Å². The third-order valence-electron chi connectivity index (χ3n) is 5.01. The highest BCUT2D eigenvalue weighted by Crippen LogP contribution is 2.28. The first-order valence-electron chi connectivity index (χ1n) is 10.5. The minimum Gasteiger partial charge on any atom is -0.495 e. The van der Waals surface area contributed by atoms with Gasteiger partial charge in [-0.3, -0.25) is 9.59 Å². The van der Waals surface area contributed by atoms with Gasteiger partial charge in [0.2, 0.25) is 0 Å². The molecule has 0 aliphatic carbocycles. The highest BCUT2D eigenvalue weighted by Gasteiger charge is 2.14. The van der Waals surface area contributed by atoms with E-state index >= 15 is 0 Å². The van der Waals surface area contributed by atoms with E-state index in [1.165, 1.54) is 14.2 Å². The van der Waals surface area contributed by atoms with E-state index in [1.54, 1.807) is 36.4 Å². The van der Waals surface area contributed by atoms with Crippen LogP contribution in [-0.2, 0) is 11.3 Å². The van der Waals surface area contributed by atoms with Crippen LogP contribution >= 0.6 is 0 Å². The highest BCUT2D eigenvalue weighted by atomic mass is 16.5. The topological polar surface area (TPSA) is 103 Å². The molecule has 0 aliphatic rings. The number of hydrogen-bond acceptors (Lipinski definition) is 6. The highest BCUT2D eigenvalue weighted by molar-refractivity contribution is 5.95. The van der Waals surface area contributed by atoms with Crippen LogP contribution in [0.5, 0.6) is 17.2 Å². The van der Waals surface area contributed by atoms with Gasteiger partial charge in [0, 0.05) is 18.0 Å². The van der Waals surface area contributed by atoms with Gasteiger partial charge >= 0.3 is 0 Å². The van der Waals surface area contributed by atoms with Gasteiger partial charge in [-0.1, -0.05) is 18.2 Å². The van der Waals surface area contributed by atoms with Crippen LogP contribution in [0.4, 0.5) is 5.69 Å². The molecule has 174 valence electrons. The van der Waals surface area contributed by atoms with E-state index in [-0.39, 0.29) is 25.0 Å². The molecule has 2 aromatic carbocycles. The fraction of sp³-hybridized carbons (Fsp3) is 0.160. The maximum atomic E-state index is 12.6. The van der Waals surface area contributed by atoms with E-state index in [9.17, 15) is 9.59 Å². The number of fused-ring (bicyclic) bond motifs is 1. The summed E-state index contributed by atoms with van der Waals surface area (Å²) in [6, 6.07) is 17.6. The number of ether oxygens (including phenoxy) is 3. The number of imidazole rings is 1. The summed E-state index contributed by atoms with van der Waals surface area (Å²) in [4.78, 5) is 29.4. The first-order valence-corrected chi connectivity index (χ1v) is 10.5. The van der Waals surface area contributed by atoms with Crippen molar-refractivity contribution in [2.75, 3.05) is 26.1 Å². The molecule has 0 bridgehead atoms. The summed E-state index contributed by atoms with van der Waals surface area (Å²) in [6.07, 6.45) is 3.76. The summed E-state index contributed by atoms with van der Waals surface area (Å²) in [5, 5.41) is 5.59. The summed E-state index contributed by atoms with van der Waals surface area (Å²) in [6.45, 7) is 0.0397. The largest absolute Gasteiger partial charge is 0.495 e. The molecular formula is C25H24N4O5. The summed E-state index contributed by atoms with van der Waals surface area (Å²) in [5.41, 5.74) is 2.49. The monoisotopic (exact) mass is 460 g/mol. The lowest BCUT2D eigenvalue weighted by Gasteiger charge is -2.13. The zero-order valence-electron chi connectivity index (χ0n) is 18.8. The predicted molar refractivity (Wildman–Crippen MR) is 126 cm³/mol. The number of pyridine rings is 1. The third-order valence-corrected chi connectivity index (χ3v) is 5.01. The van der Waals surface area contributed by atoms with Gasteiger partial charge in [0.1, 0.15) is 11.4 Å². The third kappa shape index (κ3) is 5.26. The number of aromatic nitrogens is 2. The molecule has 0 unspecified atom stereocenters. The summed E-state index contributed by atoms with van der Waals surface area (Å²) < 4.78 is 18.1. The molecular weight excluding hydrogens is 436 g/mol. The van der Waals surface area contributed by atoms with Crippen molar-refractivity contribution in [3.63, 3.8) is 0 Å². The van der Waals surface area contributed by atoms with Crippen LogP contribution in [0.15, 0.2) is 73.1 Å². The number of anilines is 1. The Morgan fingerprint density at radius 3 is 2.53 bits per heavy atom. The Balaban J connectivity index is 1.35. The van der Waals surface area contributed by atoms with Gasteiger partial charge in [-0.2, -0.15) is 0 Å². The minimum atomic E-state index is -0.360. The summed E-state index contributed by atoms with van der Waals surface area (Å²) in [7, 11) is 3.00. The Morgan fingerprint density at radius 1 is 0.941 bits per heavy atom. The molecule has 4 rings (SSSR count). The fourth-order valence-corrected chi connectivity index (χ4v) is 3.35. The second-order valence-electron chi connectivity index (χ2n) is 7.28. The number of para-hydroxylation sites is 2. The Kier molecular flexibility index (Phi) is 6.92. The fourth-order valence-electron chi connectivity index (χ4n) is 3.35. The standard InChI is InChI=1S/C25H24N4O5/c1-32-20-8-4-3-7-19(20)28-24(30)16-34-21-11-10-17(13-22(21)33-2)25(31)26-14-18-15-29-12-6-5-9-23(29)27-18/h3-13,15H,14,16H2,1-2H3,(H,26,31)(H,28,30). The smallest absolute Gasteiger partial charge is 0.262 e. The second-order valence-corrected chi connectivity index (χ2v) is 7.28. The van der Waals surface area contributed by atoms with Crippen LogP contribution in [0.2, 0.25) is 0 Å². The lowest BCUT2D eigenvalue weighted by atomic mass is 10.2. The number of benzene rings is 2. The van der Waals surface area contributed by atoms with E-state index < -0.39 is 0 Å². The maximum Gasteiger partial charge on any atom is 0.262 e. The van der Waals surface area contributed by atoms with Gasteiger partial charge in [0.25, 0.3) is 11.8 Å². The first-order chi connectivity index (χ1) is 16.6. The number of methoxy groups -OCH3 is 2. The number of nitrogens with zero attached hydrogens (tertiary/aromatic N) is 2. The number of amides is 2. The maximum absolute atomic E-state index is 12.6. The van der Waals surface area contributed by atoms with E-state index in [0.29, 0.717) is 28.5 Å². The van der Waals surface area contributed by atoms with E-state index in [2.05, 4.69) is 15.6 Å². The SMILES string of the molecule is COc1ccccc1NC(=O)COc1ccc(C(=O)NCc2cn3ccccc3n2)cc1OC. The molecule has 0 saturated carbocycles. The van der Waals surface area contributed by atoms with E-state index in [0.717, 1.165) is 11.3 Å². The zero-order chi connectivity index (χ0) is 23.9. The molecule has 0 fully saturated rings. The number of rotatable bonds is 9. The Hall–Kier alpha value is -4.53. The zero-order valence-corrected chi connectivity index (χ0v) is 18.8. The molecule has 9 nitrogen and oxygen atoms in total. The average Bonchev–Trinajstić information content (AvgIpc) is 3.29. The molecule has 0 spiro atoms. The first kappa shape index (κ1) is 22.7. The number of carbonyl (C=O) groups excluding carboxylic acids is 2. The van der Waals surface area contributed by atoms with Crippen molar-refractivity contribution in [2.45, 2.75) is 6.54 Å². The Labute approximate surface area is 196 Å². The molecule has 0 radical (unpaired) electrons. The molecule has 2 amide bonds. The molecule has 34 heavy (non-hydrogen) atoms. The van der Waals surface area contributed by atoms with Gasteiger partial charge in [0.15, 0.2) is 18.1 Å². The van der Waals surface area contributed by atoms with Crippen LogP contribution in [0.3, 0.4) is 0 Å². The van der Waals surface area contributed by atoms with Crippen LogP contribution < -0.4 is 24.8 Å². The van der Waals surface area contributed by atoms with Crippen molar-refractivity contribution >= 4 is 23.1 Å². The van der Waals surface area contributed by atoms with Gasteiger partial charge < -0.3 is 29.2 Å². The molecule has 4 aromatic rings. The number of hydrogen-bond donors (Lipinski definition) is 2. The lowest BCUT2D eigenvalue weighted by Crippen LogP contribution is -2.23. The number of nitrogens with one attached hydrogen (secondary N) is 2. The van der Waals surface area contributed by atoms with Crippen molar-refractivity contribution in [3.05, 3.63) is 84.3 Å². The van der Waals surface area contributed by atoms with Gasteiger partial charge in [-0.05, 0) is 42.5 Å². The Morgan fingerprint density at radius 2 is 1.74 bits per heavy atom. The summed E-state index contributed by atoms with van der Waals surface area (Å²) >= 11 is 0. The van der Waals surface area contributed by atoms with Crippen molar-refractivity contribution in [3.8, 4) is 17.2 Å². The number of carbonyl (C=O) groups is 2. The van der Waals surface area contributed by atoms with Crippen molar-refractivity contribution < 1.29 is 23.8 Å². The molecule has 0 atom stereocenters. The van der Waals surface area contributed by atoms with Crippen LogP contribution in [0.25, 0.3) is 5.65 Å². The quantitative estimate of drug-likeness (QED) is 0.397. The molecule has 0 aliphatic heterocycles. The van der Waals surface area contributed by atoms with Gasteiger partial charge in [0.05, 0.1) is 32.1 Å². The molecule has 0 saturated heterocycles. The molecule has 2 aromatic heterocycles. The van der Waals surface area contributed by atoms with Crippen molar-refractivity contribution in [1.29, 1.82) is 0 Å². The van der Waals surface area contributed by atoms with Crippen molar-refractivity contribution in [2.24, 2.45) is 0 Å². The van der Waals surface area contributed by atoms with Crippen LogP contribution in [-0.4, -0.2) is 42.0 Å². The van der Waals surface area contributed by atoms with E-state index in [4.69, 9.17) is 14.2 Å².